The predicted molar refractivity (Wildman–Crippen MR) is 90.1 cm³/mol. The van der Waals surface area contributed by atoms with Gasteiger partial charge < -0.3 is 5.11 Å². The van der Waals surface area contributed by atoms with Gasteiger partial charge >= 0.3 is 0 Å². The summed E-state index contributed by atoms with van der Waals surface area (Å²) in [6, 6.07) is 12.8. The fourth-order valence-electron chi connectivity index (χ4n) is 2.76. The van der Waals surface area contributed by atoms with Gasteiger partial charge in [-0.2, -0.15) is 0 Å². The molecule has 0 aliphatic heterocycles. The van der Waals surface area contributed by atoms with Crippen molar-refractivity contribution in [2.75, 3.05) is 0 Å². The van der Waals surface area contributed by atoms with E-state index < -0.39 is 6.10 Å². The predicted octanol–water partition coefficient (Wildman–Crippen LogP) is 5.39. The van der Waals surface area contributed by atoms with Crippen LogP contribution in [0, 0.1) is 0 Å². The Morgan fingerprint density at radius 2 is 1.71 bits per heavy atom. The van der Waals surface area contributed by atoms with Crippen LogP contribution in [0.5, 0.6) is 0 Å². The van der Waals surface area contributed by atoms with E-state index in [2.05, 4.69) is 57.2 Å². The Morgan fingerprint density at radius 3 is 2.19 bits per heavy atom. The van der Waals surface area contributed by atoms with Crippen molar-refractivity contribution in [1.82, 2.24) is 0 Å². The molecular weight excluding hydrogens is 276 g/mol. The quantitative estimate of drug-likeness (QED) is 0.805. The summed E-state index contributed by atoms with van der Waals surface area (Å²) in [5, 5.41) is 10.6. The molecule has 1 aliphatic rings. The molecule has 1 atom stereocenters. The maximum Gasteiger partial charge on any atom is 0.113 e. The first kappa shape index (κ1) is 14.8. The molecule has 1 saturated carbocycles. The van der Waals surface area contributed by atoms with Crippen LogP contribution in [0.2, 0.25) is 0 Å². The number of aliphatic hydroxyl groups excluding tert-OH is 1. The number of hydrogen-bond donors (Lipinski definition) is 1. The topological polar surface area (TPSA) is 20.2 Å². The van der Waals surface area contributed by atoms with Crippen LogP contribution in [0.25, 0.3) is 0 Å². The highest BCUT2D eigenvalue weighted by atomic mass is 32.1. The van der Waals surface area contributed by atoms with Gasteiger partial charge in [0.1, 0.15) is 6.10 Å². The first-order chi connectivity index (χ1) is 9.95. The molecule has 1 unspecified atom stereocenters. The lowest BCUT2D eigenvalue weighted by Gasteiger charge is -2.26. The molecule has 1 nitrogen and oxygen atoms in total. The number of benzene rings is 1. The van der Waals surface area contributed by atoms with Crippen molar-refractivity contribution in [2.45, 2.75) is 57.5 Å². The van der Waals surface area contributed by atoms with E-state index in [0.717, 1.165) is 16.4 Å². The zero-order valence-electron chi connectivity index (χ0n) is 13.1. The van der Waals surface area contributed by atoms with Crippen molar-refractivity contribution in [3.05, 3.63) is 57.3 Å². The van der Waals surface area contributed by atoms with Gasteiger partial charge in [-0.05, 0) is 47.4 Å². The highest BCUT2D eigenvalue weighted by Crippen LogP contribution is 2.38. The number of aliphatic hydroxyl groups is 1. The van der Waals surface area contributed by atoms with Crippen LogP contribution in [0.1, 0.15) is 72.9 Å². The number of thiophene rings is 1. The van der Waals surface area contributed by atoms with Gasteiger partial charge in [-0.3, -0.25) is 0 Å². The summed E-state index contributed by atoms with van der Waals surface area (Å²) in [6.45, 7) is 6.63. The molecule has 2 heteroatoms. The number of hydrogen-bond acceptors (Lipinski definition) is 2. The van der Waals surface area contributed by atoms with Crippen LogP contribution in [0.4, 0.5) is 0 Å². The molecular formula is C19H24OS. The Morgan fingerprint density at radius 1 is 1.05 bits per heavy atom. The van der Waals surface area contributed by atoms with Gasteiger partial charge in [0.2, 0.25) is 0 Å². The molecule has 1 aromatic heterocycles. The molecule has 1 fully saturated rings. The molecule has 0 bridgehead atoms. The van der Waals surface area contributed by atoms with Gasteiger partial charge in [0.25, 0.3) is 0 Å². The van der Waals surface area contributed by atoms with Crippen LogP contribution in [0.15, 0.2) is 36.4 Å². The van der Waals surface area contributed by atoms with Gasteiger partial charge in [-0.1, -0.05) is 51.5 Å². The molecule has 1 N–H and O–H groups in total. The summed E-state index contributed by atoms with van der Waals surface area (Å²) in [6.07, 6.45) is 3.50. The van der Waals surface area contributed by atoms with Crippen LogP contribution in [0.3, 0.4) is 0 Å². The normalized spacial score (nSPS) is 17.5. The minimum Gasteiger partial charge on any atom is -0.383 e. The van der Waals surface area contributed by atoms with E-state index in [0.29, 0.717) is 0 Å². The minimum absolute atomic E-state index is 0.150. The second-order valence-corrected chi connectivity index (χ2v) is 8.26. The highest BCUT2D eigenvalue weighted by molar-refractivity contribution is 7.12. The monoisotopic (exact) mass is 300 g/mol. The highest BCUT2D eigenvalue weighted by Gasteiger charge is 2.21. The van der Waals surface area contributed by atoms with E-state index in [4.69, 9.17) is 0 Å². The van der Waals surface area contributed by atoms with Gasteiger partial charge in [0, 0.05) is 9.75 Å². The third-order valence-corrected chi connectivity index (χ3v) is 6.03. The Balaban J connectivity index is 1.78. The fourth-order valence-corrected chi connectivity index (χ4v) is 3.84. The lowest BCUT2D eigenvalue weighted by molar-refractivity contribution is 0.224. The molecule has 21 heavy (non-hydrogen) atoms. The lowest BCUT2D eigenvalue weighted by atomic mass is 9.80. The third-order valence-electron chi connectivity index (χ3n) is 4.46. The van der Waals surface area contributed by atoms with Crippen molar-refractivity contribution >= 4 is 11.3 Å². The van der Waals surface area contributed by atoms with Crippen molar-refractivity contribution in [2.24, 2.45) is 0 Å². The van der Waals surface area contributed by atoms with E-state index >= 15 is 0 Å². The molecule has 0 radical (unpaired) electrons. The summed E-state index contributed by atoms with van der Waals surface area (Å²) in [7, 11) is 0. The first-order valence-electron chi connectivity index (χ1n) is 7.83. The summed E-state index contributed by atoms with van der Waals surface area (Å²) in [5.41, 5.74) is 2.58. The Kier molecular flexibility index (Phi) is 3.94. The Labute approximate surface area is 131 Å². The molecule has 112 valence electrons. The molecule has 3 rings (SSSR count). The molecule has 2 aromatic rings. The van der Waals surface area contributed by atoms with Gasteiger partial charge in [-0.15, -0.1) is 11.3 Å². The van der Waals surface area contributed by atoms with E-state index in [-0.39, 0.29) is 5.41 Å². The summed E-state index contributed by atoms with van der Waals surface area (Å²) >= 11 is 1.72. The number of rotatable bonds is 3. The molecule has 0 spiro atoms. The van der Waals surface area contributed by atoms with Gasteiger partial charge in [0.05, 0.1) is 0 Å². The van der Waals surface area contributed by atoms with Crippen molar-refractivity contribution in [3.8, 4) is 0 Å². The largest absolute Gasteiger partial charge is 0.383 e. The average molecular weight is 300 g/mol. The van der Waals surface area contributed by atoms with Crippen LogP contribution in [-0.2, 0) is 5.41 Å². The maximum absolute atomic E-state index is 10.6. The second-order valence-electron chi connectivity index (χ2n) is 7.15. The molecule has 1 aromatic carbocycles. The van der Waals surface area contributed by atoms with Crippen molar-refractivity contribution in [1.29, 1.82) is 0 Å². The standard InChI is InChI=1S/C19H24OS/c1-19(2,3)17-12-11-16(21-17)18(20)15-9-7-14(8-10-15)13-5-4-6-13/h7-13,18,20H,4-6H2,1-3H3. The van der Waals surface area contributed by atoms with Crippen molar-refractivity contribution in [3.63, 3.8) is 0 Å². The SMILES string of the molecule is CC(C)(C)c1ccc(C(O)c2ccc(C3CCC3)cc2)s1. The van der Waals surface area contributed by atoms with Crippen LogP contribution < -0.4 is 0 Å². The second kappa shape index (κ2) is 5.58. The molecule has 1 heterocycles. The smallest absolute Gasteiger partial charge is 0.113 e. The zero-order valence-corrected chi connectivity index (χ0v) is 13.9. The van der Waals surface area contributed by atoms with Crippen molar-refractivity contribution < 1.29 is 5.11 Å². The Hall–Kier alpha value is -1.12. The van der Waals surface area contributed by atoms with E-state index in [1.54, 1.807) is 11.3 Å². The molecule has 0 saturated heterocycles. The van der Waals surface area contributed by atoms with Gasteiger partial charge in [-0.25, -0.2) is 0 Å². The zero-order chi connectivity index (χ0) is 15.0. The van der Waals surface area contributed by atoms with Crippen LogP contribution >= 0.6 is 11.3 Å². The first-order valence-corrected chi connectivity index (χ1v) is 8.65. The van der Waals surface area contributed by atoms with E-state index in [1.165, 1.54) is 29.7 Å². The summed E-state index contributed by atoms with van der Waals surface area (Å²) < 4.78 is 0. The summed E-state index contributed by atoms with van der Waals surface area (Å²) in [4.78, 5) is 2.36. The summed E-state index contributed by atoms with van der Waals surface area (Å²) in [5.74, 6) is 0.755. The minimum atomic E-state index is -0.499. The molecule has 1 aliphatic carbocycles. The van der Waals surface area contributed by atoms with E-state index in [9.17, 15) is 5.11 Å². The molecule has 0 amide bonds. The average Bonchev–Trinajstić information content (AvgIpc) is 2.86. The third kappa shape index (κ3) is 3.07. The maximum atomic E-state index is 10.6. The fraction of sp³-hybridized carbons (Fsp3) is 0.474. The lowest BCUT2D eigenvalue weighted by Crippen LogP contribution is -2.09. The van der Waals surface area contributed by atoms with Crippen LogP contribution in [-0.4, -0.2) is 5.11 Å². The Bertz CT molecular complexity index is 599. The van der Waals surface area contributed by atoms with Gasteiger partial charge in [0.15, 0.2) is 0 Å². The van der Waals surface area contributed by atoms with E-state index in [1.807, 2.05) is 0 Å².